The van der Waals surface area contributed by atoms with Gasteiger partial charge in [-0.15, -0.1) is 0 Å². The molecule has 1 saturated carbocycles. The first-order valence-electron chi connectivity index (χ1n) is 6.33. The van der Waals surface area contributed by atoms with Gasteiger partial charge in [-0.3, -0.25) is 10.1 Å². The van der Waals surface area contributed by atoms with E-state index >= 15 is 0 Å². The number of hydrogen-bond acceptors (Lipinski definition) is 4. The summed E-state index contributed by atoms with van der Waals surface area (Å²) in [6.45, 7) is 0.180. The van der Waals surface area contributed by atoms with Gasteiger partial charge in [-0.25, -0.2) is 0 Å². The molecule has 1 aromatic carbocycles. The van der Waals surface area contributed by atoms with E-state index in [1.807, 2.05) is 0 Å². The Hall–Kier alpha value is -1.62. The molecule has 0 amide bonds. The minimum Gasteiger partial charge on any atom is -0.396 e. The van der Waals surface area contributed by atoms with Crippen molar-refractivity contribution >= 4 is 11.4 Å². The van der Waals surface area contributed by atoms with Crippen molar-refractivity contribution in [1.29, 1.82) is 0 Å². The third-order valence-electron chi connectivity index (χ3n) is 3.60. The van der Waals surface area contributed by atoms with Gasteiger partial charge in [-0.05, 0) is 31.2 Å². The van der Waals surface area contributed by atoms with Crippen LogP contribution in [0, 0.1) is 16.0 Å². The van der Waals surface area contributed by atoms with E-state index in [9.17, 15) is 10.1 Å². The Balaban J connectivity index is 2.11. The van der Waals surface area contributed by atoms with Crippen molar-refractivity contribution in [1.82, 2.24) is 0 Å². The van der Waals surface area contributed by atoms with Gasteiger partial charge in [0.05, 0.1) is 4.92 Å². The maximum Gasteiger partial charge on any atom is 0.292 e. The van der Waals surface area contributed by atoms with Gasteiger partial charge >= 0.3 is 0 Å². The van der Waals surface area contributed by atoms with Crippen molar-refractivity contribution < 1.29 is 10.0 Å². The summed E-state index contributed by atoms with van der Waals surface area (Å²) in [5, 5.41) is 23.2. The number of anilines is 1. The molecule has 2 unspecified atom stereocenters. The highest BCUT2D eigenvalue weighted by atomic mass is 16.6. The van der Waals surface area contributed by atoms with E-state index in [0.717, 1.165) is 25.7 Å². The Morgan fingerprint density at radius 2 is 2.17 bits per heavy atom. The summed E-state index contributed by atoms with van der Waals surface area (Å²) in [4.78, 5) is 10.6. The van der Waals surface area contributed by atoms with Gasteiger partial charge in [0.1, 0.15) is 5.69 Å². The zero-order chi connectivity index (χ0) is 13.0. The van der Waals surface area contributed by atoms with Crippen LogP contribution in [0.1, 0.15) is 25.7 Å². The van der Waals surface area contributed by atoms with Crippen molar-refractivity contribution in [2.45, 2.75) is 31.7 Å². The molecule has 2 rings (SSSR count). The van der Waals surface area contributed by atoms with Crippen LogP contribution in [0.2, 0.25) is 0 Å². The fourth-order valence-electron chi connectivity index (χ4n) is 2.69. The Labute approximate surface area is 106 Å². The third kappa shape index (κ3) is 2.79. The molecular formula is C13H18N2O3. The first-order valence-corrected chi connectivity index (χ1v) is 6.33. The molecule has 0 saturated heterocycles. The number of nitrogens with one attached hydrogen (secondary N) is 1. The summed E-state index contributed by atoms with van der Waals surface area (Å²) in [5.74, 6) is 0.412. The van der Waals surface area contributed by atoms with Crippen LogP contribution >= 0.6 is 0 Å². The number of hydrogen-bond donors (Lipinski definition) is 2. The number of nitrogens with zero attached hydrogens (tertiary/aromatic N) is 1. The smallest absolute Gasteiger partial charge is 0.292 e. The molecule has 2 atom stereocenters. The van der Waals surface area contributed by atoms with E-state index in [1.165, 1.54) is 6.07 Å². The SMILES string of the molecule is O=[N+]([O-])c1ccccc1NC1CCCC1CCO. The van der Waals surface area contributed by atoms with Crippen molar-refractivity contribution in [2.24, 2.45) is 5.92 Å². The Kier molecular flexibility index (Phi) is 4.15. The number of aliphatic hydroxyl groups excluding tert-OH is 1. The zero-order valence-electron chi connectivity index (χ0n) is 10.2. The lowest BCUT2D eigenvalue weighted by Crippen LogP contribution is -2.25. The van der Waals surface area contributed by atoms with Crippen molar-refractivity contribution in [3.05, 3.63) is 34.4 Å². The molecule has 18 heavy (non-hydrogen) atoms. The number of nitro groups is 1. The minimum absolute atomic E-state index is 0.118. The summed E-state index contributed by atoms with van der Waals surface area (Å²) >= 11 is 0. The largest absolute Gasteiger partial charge is 0.396 e. The molecule has 5 nitrogen and oxygen atoms in total. The number of benzene rings is 1. The molecule has 2 N–H and O–H groups in total. The van der Waals surface area contributed by atoms with Crippen LogP contribution in [0.3, 0.4) is 0 Å². The van der Waals surface area contributed by atoms with Crippen LogP contribution in [-0.2, 0) is 0 Å². The van der Waals surface area contributed by atoms with E-state index in [0.29, 0.717) is 11.6 Å². The van der Waals surface area contributed by atoms with E-state index in [1.54, 1.807) is 18.2 Å². The average molecular weight is 250 g/mol. The van der Waals surface area contributed by atoms with Crippen LogP contribution < -0.4 is 5.32 Å². The van der Waals surface area contributed by atoms with Crippen LogP contribution in [0.15, 0.2) is 24.3 Å². The van der Waals surface area contributed by atoms with E-state index in [4.69, 9.17) is 5.11 Å². The van der Waals surface area contributed by atoms with E-state index in [2.05, 4.69) is 5.32 Å². The third-order valence-corrected chi connectivity index (χ3v) is 3.60. The summed E-state index contributed by atoms with van der Waals surface area (Å²) in [6.07, 6.45) is 3.97. The zero-order valence-corrected chi connectivity index (χ0v) is 10.2. The molecule has 0 aliphatic heterocycles. The molecule has 1 aliphatic carbocycles. The summed E-state index contributed by atoms with van der Waals surface area (Å²) in [6, 6.07) is 6.96. The second-order valence-electron chi connectivity index (χ2n) is 4.73. The molecule has 5 heteroatoms. The van der Waals surface area contributed by atoms with Gasteiger partial charge in [0, 0.05) is 18.7 Å². The predicted octanol–water partition coefficient (Wildman–Crippen LogP) is 2.56. The predicted molar refractivity (Wildman–Crippen MR) is 69.6 cm³/mol. The quantitative estimate of drug-likeness (QED) is 0.622. The number of para-hydroxylation sites is 2. The number of rotatable bonds is 5. The molecule has 0 heterocycles. The van der Waals surface area contributed by atoms with E-state index < -0.39 is 0 Å². The number of nitro benzene ring substituents is 1. The van der Waals surface area contributed by atoms with Gasteiger partial charge in [0.2, 0.25) is 0 Å². The van der Waals surface area contributed by atoms with Crippen LogP contribution in [-0.4, -0.2) is 22.7 Å². The lowest BCUT2D eigenvalue weighted by molar-refractivity contribution is -0.384. The lowest BCUT2D eigenvalue weighted by atomic mass is 9.99. The molecule has 0 bridgehead atoms. The van der Waals surface area contributed by atoms with Crippen LogP contribution in [0.5, 0.6) is 0 Å². The Morgan fingerprint density at radius 1 is 1.39 bits per heavy atom. The molecule has 1 fully saturated rings. The second-order valence-corrected chi connectivity index (χ2v) is 4.73. The highest BCUT2D eigenvalue weighted by molar-refractivity contribution is 5.61. The lowest BCUT2D eigenvalue weighted by Gasteiger charge is -2.21. The van der Waals surface area contributed by atoms with Crippen LogP contribution in [0.4, 0.5) is 11.4 Å². The highest BCUT2D eigenvalue weighted by Gasteiger charge is 2.28. The Morgan fingerprint density at radius 3 is 2.89 bits per heavy atom. The topological polar surface area (TPSA) is 75.4 Å². The summed E-state index contributed by atoms with van der Waals surface area (Å²) < 4.78 is 0. The Bertz CT molecular complexity index is 422. The van der Waals surface area contributed by atoms with Crippen LogP contribution in [0.25, 0.3) is 0 Å². The van der Waals surface area contributed by atoms with E-state index in [-0.39, 0.29) is 23.3 Å². The first kappa shape index (κ1) is 12.8. The maximum absolute atomic E-state index is 10.9. The standard InChI is InChI=1S/C13H18N2O3/c16-9-8-10-4-3-6-11(10)14-12-5-1-2-7-13(12)15(17)18/h1-2,5,7,10-11,14,16H,3-4,6,8-9H2. The summed E-state index contributed by atoms with van der Waals surface area (Å²) in [7, 11) is 0. The van der Waals surface area contributed by atoms with Gasteiger partial charge in [0.25, 0.3) is 5.69 Å². The second kappa shape index (κ2) is 5.82. The minimum atomic E-state index is -0.363. The van der Waals surface area contributed by atoms with Gasteiger partial charge < -0.3 is 10.4 Å². The molecule has 1 aromatic rings. The molecule has 98 valence electrons. The first-order chi connectivity index (χ1) is 8.72. The van der Waals surface area contributed by atoms with Gasteiger partial charge in [0.15, 0.2) is 0 Å². The van der Waals surface area contributed by atoms with Crippen molar-refractivity contribution in [3.63, 3.8) is 0 Å². The maximum atomic E-state index is 10.9. The molecule has 1 aliphatic rings. The monoisotopic (exact) mass is 250 g/mol. The fraction of sp³-hybridized carbons (Fsp3) is 0.538. The molecule has 0 radical (unpaired) electrons. The van der Waals surface area contributed by atoms with Crippen molar-refractivity contribution in [2.75, 3.05) is 11.9 Å². The molecule has 0 aromatic heterocycles. The average Bonchev–Trinajstić information content (AvgIpc) is 2.78. The highest BCUT2D eigenvalue weighted by Crippen LogP contribution is 2.33. The van der Waals surface area contributed by atoms with Crippen molar-refractivity contribution in [3.8, 4) is 0 Å². The molecule has 0 spiro atoms. The molecular weight excluding hydrogens is 232 g/mol. The number of aliphatic hydroxyl groups is 1. The van der Waals surface area contributed by atoms with Gasteiger partial charge in [-0.2, -0.15) is 0 Å². The van der Waals surface area contributed by atoms with Gasteiger partial charge in [-0.1, -0.05) is 18.6 Å². The fourth-order valence-corrected chi connectivity index (χ4v) is 2.69. The summed E-state index contributed by atoms with van der Waals surface area (Å²) in [5.41, 5.74) is 0.699. The normalized spacial score (nSPS) is 22.9.